The van der Waals surface area contributed by atoms with Gasteiger partial charge in [0.15, 0.2) is 0 Å². The summed E-state index contributed by atoms with van der Waals surface area (Å²) in [4.78, 5) is 10.4. The van der Waals surface area contributed by atoms with Gasteiger partial charge in [-0.15, -0.1) is 0 Å². The molecule has 1 rings (SSSR count). The molecule has 4 heteroatoms. The van der Waals surface area contributed by atoms with Crippen LogP contribution in [0.3, 0.4) is 0 Å². The molecule has 0 aromatic heterocycles. The molecule has 0 radical (unpaired) electrons. The second-order valence-electron chi connectivity index (χ2n) is 3.30. The van der Waals surface area contributed by atoms with Gasteiger partial charge in [0.05, 0.1) is 10.8 Å². The first-order valence-corrected chi connectivity index (χ1v) is 4.98. The molecular formula is C7H13NO2S. The van der Waals surface area contributed by atoms with Crippen molar-refractivity contribution >= 4 is 16.7 Å². The van der Waals surface area contributed by atoms with E-state index in [1.807, 2.05) is 20.8 Å². The van der Waals surface area contributed by atoms with Crippen LogP contribution in [0.4, 0.5) is 0 Å². The fourth-order valence-corrected chi connectivity index (χ4v) is 2.41. The van der Waals surface area contributed by atoms with E-state index >= 15 is 0 Å². The molecule has 0 saturated carbocycles. The number of carbonyl (C=O) groups is 1. The van der Waals surface area contributed by atoms with Crippen molar-refractivity contribution < 1.29 is 9.00 Å². The minimum Gasteiger partial charge on any atom is -0.338 e. The van der Waals surface area contributed by atoms with Crippen molar-refractivity contribution in [1.82, 2.24) is 5.32 Å². The Hall–Kier alpha value is -0.380. The van der Waals surface area contributed by atoms with Gasteiger partial charge in [-0.3, -0.25) is 9.00 Å². The van der Waals surface area contributed by atoms with Gasteiger partial charge in [0.25, 0.3) is 0 Å². The van der Waals surface area contributed by atoms with E-state index in [9.17, 15) is 9.00 Å². The summed E-state index contributed by atoms with van der Waals surface area (Å²) < 4.78 is 11.4. The van der Waals surface area contributed by atoms with Crippen LogP contribution in [0.5, 0.6) is 0 Å². The van der Waals surface area contributed by atoms with Crippen molar-refractivity contribution in [1.29, 1.82) is 0 Å². The van der Waals surface area contributed by atoms with Crippen LogP contribution in [-0.4, -0.2) is 20.7 Å². The normalized spacial score (nSPS) is 37.8. The topological polar surface area (TPSA) is 46.2 Å². The van der Waals surface area contributed by atoms with E-state index < -0.39 is 15.7 Å². The summed E-state index contributed by atoms with van der Waals surface area (Å²) in [5.41, 5.74) is 0. The number of hydrogen-bond donors (Lipinski definition) is 1. The zero-order valence-corrected chi connectivity index (χ0v) is 7.83. The first-order chi connectivity index (χ1) is 4.97. The zero-order chi connectivity index (χ0) is 8.65. The van der Waals surface area contributed by atoms with Crippen molar-refractivity contribution in [3.63, 3.8) is 0 Å². The van der Waals surface area contributed by atoms with E-state index in [0.717, 1.165) is 0 Å². The van der Waals surface area contributed by atoms with Gasteiger partial charge in [0.1, 0.15) is 10.6 Å². The molecule has 0 bridgehead atoms. The predicted octanol–water partition coefficient (Wildman–Crippen LogP) is 0.237. The number of nitrogens with one attached hydrogen (secondary N) is 1. The van der Waals surface area contributed by atoms with Crippen LogP contribution in [0.1, 0.15) is 20.8 Å². The maximum absolute atomic E-state index is 11.4. The molecule has 64 valence electrons. The third-order valence-corrected chi connectivity index (χ3v) is 4.27. The maximum atomic E-state index is 11.4. The highest BCUT2D eigenvalue weighted by Crippen LogP contribution is 2.24. The third-order valence-electron chi connectivity index (χ3n) is 2.22. The lowest BCUT2D eigenvalue weighted by molar-refractivity contribution is -0.118. The van der Waals surface area contributed by atoms with Gasteiger partial charge >= 0.3 is 0 Å². The summed E-state index contributed by atoms with van der Waals surface area (Å²) in [6, 6.07) is 0. The van der Waals surface area contributed by atoms with E-state index in [1.165, 1.54) is 0 Å². The van der Waals surface area contributed by atoms with Gasteiger partial charge in [-0.2, -0.15) is 0 Å². The van der Waals surface area contributed by atoms with Crippen LogP contribution >= 0.6 is 0 Å². The highest BCUT2D eigenvalue weighted by Gasteiger charge is 2.42. The van der Waals surface area contributed by atoms with Crippen LogP contribution in [-0.2, 0) is 15.6 Å². The van der Waals surface area contributed by atoms with Crippen LogP contribution in [0.25, 0.3) is 0 Å². The van der Waals surface area contributed by atoms with Crippen molar-refractivity contribution in [2.45, 2.75) is 25.6 Å². The number of carbonyl (C=O) groups excluding carboxylic acids is 1. The molecule has 2 atom stereocenters. The monoisotopic (exact) mass is 175 g/mol. The molecule has 1 aliphatic heterocycles. The second-order valence-corrected chi connectivity index (χ2v) is 5.13. The SMILES string of the molecule is CC(C)C1(C)NC(=O)CS1=O. The van der Waals surface area contributed by atoms with Crippen molar-refractivity contribution in [3.05, 3.63) is 0 Å². The van der Waals surface area contributed by atoms with E-state index in [4.69, 9.17) is 0 Å². The van der Waals surface area contributed by atoms with E-state index in [1.54, 1.807) is 0 Å². The van der Waals surface area contributed by atoms with Gasteiger partial charge in [-0.25, -0.2) is 0 Å². The van der Waals surface area contributed by atoms with Gasteiger partial charge in [0, 0.05) is 0 Å². The number of rotatable bonds is 1. The third kappa shape index (κ3) is 1.31. The first kappa shape index (κ1) is 8.71. The average Bonchev–Trinajstić information content (AvgIpc) is 2.08. The molecule has 1 amide bonds. The molecule has 0 aromatic rings. The molecular weight excluding hydrogens is 162 g/mol. The summed E-state index contributed by atoms with van der Waals surface area (Å²) in [7, 11) is -1.05. The Labute approximate surface area is 69.0 Å². The van der Waals surface area contributed by atoms with Crippen LogP contribution in [0.15, 0.2) is 0 Å². The first-order valence-electron chi connectivity index (χ1n) is 3.66. The van der Waals surface area contributed by atoms with Gasteiger partial charge in [-0.1, -0.05) is 13.8 Å². The van der Waals surface area contributed by atoms with E-state index in [2.05, 4.69) is 5.32 Å². The summed E-state index contributed by atoms with van der Waals surface area (Å²) in [5, 5.41) is 2.74. The Morgan fingerprint density at radius 2 is 2.18 bits per heavy atom. The molecule has 2 unspecified atom stereocenters. The molecule has 0 aliphatic carbocycles. The van der Waals surface area contributed by atoms with Crippen LogP contribution < -0.4 is 5.32 Å². The summed E-state index contributed by atoms with van der Waals surface area (Å²) in [5.74, 6) is 0.281. The van der Waals surface area contributed by atoms with E-state index in [0.29, 0.717) is 0 Å². The highest BCUT2D eigenvalue weighted by atomic mass is 32.2. The lowest BCUT2D eigenvalue weighted by atomic mass is 10.1. The Morgan fingerprint density at radius 3 is 2.36 bits per heavy atom. The second kappa shape index (κ2) is 2.59. The molecule has 3 nitrogen and oxygen atoms in total. The van der Waals surface area contributed by atoms with Crippen LogP contribution in [0, 0.1) is 5.92 Å². The van der Waals surface area contributed by atoms with E-state index in [-0.39, 0.29) is 17.6 Å². The highest BCUT2D eigenvalue weighted by molar-refractivity contribution is 7.87. The fraction of sp³-hybridized carbons (Fsp3) is 0.857. The quantitative estimate of drug-likeness (QED) is 0.620. The molecule has 1 saturated heterocycles. The molecule has 11 heavy (non-hydrogen) atoms. The van der Waals surface area contributed by atoms with Gasteiger partial charge in [-0.05, 0) is 12.8 Å². The Bertz CT molecular complexity index is 214. The van der Waals surface area contributed by atoms with Gasteiger partial charge in [0.2, 0.25) is 5.91 Å². The smallest absolute Gasteiger partial charge is 0.233 e. The molecule has 0 spiro atoms. The Morgan fingerprint density at radius 1 is 1.64 bits per heavy atom. The molecule has 1 N–H and O–H groups in total. The van der Waals surface area contributed by atoms with Crippen molar-refractivity contribution in [3.8, 4) is 0 Å². The largest absolute Gasteiger partial charge is 0.338 e. The van der Waals surface area contributed by atoms with Crippen molar-refractivity contribution in [2.24, 2.45) is 5.92 Å². The minimum absolute atomic E-state index is 0.0977. The molecule has 1 aliphatic rings. The standard InChI is InChI=1S/C7H13NO2S/c1-5(2)7(3)8-6(9)4-11(7)10/h5H,4H2,1-3H3,(H,8,9). The minimum atomic E-state index is -1.05. The average molecular weight is 175 g/mol. The van der Waals surface area contributed by atoms with Crippen molar-refractivity contribution in [2.75, 3.05) is 5.75 Å². The van der Waals surface area contributed by atoms with Gasteiger partial charge < -0.3 is 5.32 Å². The number of hydrogen-bond acceptors (Lipinski definition) is 2. The molecule has 1 heterocycles. The summed E-state index contributed by atoms with van der Waals surface area (Å²) in [6.07, 6.45) is 0. The fourth-order valence-electron chi connectivity index (χ4n) is 1.05. The molecule has 1 fully saturated rings. The Kier molecular flexibility index (Phi) is 2.05. The maximum Gasteiger partial charge on any atom is 0.233 e. The summed E-state index contributed by atoms with van der Waals surface area (Å²) >= 11 is 0. The lowest BCUT2D eigenvalue weighted by Crippen LogP contribution is -2.45. The van der Waals surface area contributed by atoms with Crippen LogP contribution in [0.2, 0.25) is 0 Å². The zero-order valence-electron chi connectivity index (χ0n) is 7.01. The Balaban J connectivity index is 2.87. The lowest BCUT2D eigenvalue weighted by Gasteiger charge is -2.26. The summed E-state index contributed by atoms with van der Waals surface area (Å²) in [6.45, 7) is 5.76. The molecule has 0 aromatic carbocycles. The predicted molar refractivity (Wildman–Crippen MR) is 44.4 cm³/mol. The number of amides is 1.